The maximum atomic E-state index is 13.0. The number of aliphatic hydroxyl groups excluding tert-OH is 1. The molecule has 11 nitrogen and oxygen atoms in total. The molecule has 0 amide bonds. The summed E-state index contributed by atoms with van der Waals surface area (Å²) in [4.78, 5) is 48.9. The number of hydrogen-bond donors (Lipinski definition) is 1. The summed E-state index contributed by atoms with van der Waals surface area (Å²) in [6.45, 7) is 9.64. The molecule has 1 saturated carbocycles. The molecule has 53 heavy (non-hydrogen) atoms. The summed E-state index contributed by atoms with van der Waals surface area (Å²) in [5.74, 6) is -0.491. The fourth-order valence-corrected chi connectivity index (χ4v) is 6.22. The lowest BCUT2D eigenvalue weighted by atomic mass is 9.98. The smallest absolute Gasteiger partial charge is 0.343 e. The molecule has 3 aromatic carbocycles. The zero-order valence-corrected chi connectivity index (χ0v) is 30.1. The van der Waals surface area contributed by atoms with Crippen molar-refractivity contribution < 1.29 is 52.7 Å². The Morgan fingerprint density at radius 3 is 1.87 bits per heavy atom. The van der Waals surface area contributed by atoms with Gasteiger partial charge in [-0.05, 0) is 96.5 Å². The first kappa shape index (κ1) is 38.8. The Kier molecular flexibility index (Phi) is 13.8. The second kappa shape index (κ2) is 18.9. The van der Waals surface area contributed by atoms with E-state index in [1.54, 1.807) is 30.3 Å². The van der Waals surface area contributed by atoms with Crippen LogP contribution in [0.5, 0.6) is 17.2 Å². The van der Waals surface area contributed by atoms with Crippen LogP contribution in [0, 0.1) is 0 Å². The summed E-state index contributed by atoms with van der Waals surface area (Å²) in [5, 5.41) is 8.95. The van der Waals surface area contributed by atoms with Crippen molar-refractivity contribution in [3.63, 3.8) is 0 Å². The zero-order chi connectivity index (χ0) is 37.7. The fraction of sp³-hybridized carbons (Fsp3) is 0.381. The van der Waals surface area contributed by atoms with E-state index in [2.05, 4.69) is 20.1 Å². The van der Waals surface area contributed by atoms with Crippen molar-refractivity contribution in [1.29, 1.82) is 0 Å². The number of hydrogen-bond acceptors (Lipinski definition) is 11. The van der Waals surface area contributed by atoms with Crippen molar-refractivity contribution in [2.75, 3.05) is 33.0 Å². The minimum Gasteiger partial charge on any atom is -0.493 e. The van der Waals surface area contributed by atoms with Crippen LogP contribution in [-0.4, -0.2) is 68.1 Å². The molecule has 1 atom stereocenters. The van der Waals surface area contributed by atoms with Crippen LogP contribution in [0.1, 0.15) is 85.7 Å². The molecule has 0 radical (unpaired) electrons. The molecule has 2 aliphatic carbocycles. The Morgan fingerprint density at radius 1 is 0.698 bits per heavy atom. The molecule has 1 N–H and O–H groups in total. The van der Waals surface area contributed by atoms with Gasteiger partial charge in [-0.2, -0.15) is 0 Å². The van der Waals surface area contributed by atoms with E-state index in [9.17, 15) is 19.2 Å². The Balaban J connectivity index is 1.02. The highest BCUT2D eigenvalue weighted by Gasteiger charge is 2.27. The minimum atomic E-state index is -0.631. The topological polar surface area (TPSA) is 144 Å². The Morgan fingerprint density at radius 2 is 1.25 bits per heavy atom. The van der Waals surface area contributed by atoms with Crippen LogP contribution in [0.25, 0.3) is 11.1 Å². The lowest BCUT2D eigenvalue weighted by molar-refractivity contribution is -0.151. The molecule has 0 spiro atoms. The van der Waals surface area contributed by atoms with Crippen molar-refractivity contribution >= 4 is 23.9 Å². The Hall–Kier alpha value is -5.42. The SMILES string of the molecule is C=C(CO)C(=O)OCCCOc1ccc2c(c1)C(C)c1cc(OC(=O)c3ccc(OCCCOC(=O)C(=C)CC(=O)OC4CCCCC4)cc3)ccc1-2. The van der Waals surface area contributed by atoms with Crippen molar-refractivity contribution in [2.45, 2.75) is 70.3 Å². The van der Waals surface area contributed by atoms with Gasteiger partial charge in [0.2, 0.25) is 0 Å². The molecular formula is C42H46O11. The lowest BCUT2D eigenvalue weighted by Crippen LogP contribution is -2.22. The first-order valence-corrected chi connectivity index (χ1v) is 18.0. The van der Waals surface area contributed by atoms with E-state index >= 15 is 0 Å². The quantitative estimate of drug-likeness (QED) is 0.0474. The summed E-state index contributed by atoms with van der Waals surface area (Å²) in [6, 6.07) is 18.1. The first-order chi connectivity index (χ1) is 25.6. The third kappa shape index (κ3) is 10.8. The summed E-state index contributed by atoms with van der Waals surface area (Å²) < 4.78 is 33.0. The monoisotopic (exact) mass is 726 g/mol. The van der Waals surface area contributed by atoms with E-state index in [0.717, 1.165) is 54.4 Å². The van der Waals surface area contributed by atoms with Gasteiger partial charge in [0.25, 0.3) is 0 Å². The Labute approximate surface area is 309 Å². The number of fused-ring (bicyclic) bond motifs is 3. The molecule has 1 fully saturated rings. The largest absolute Gasteiger partial charge is 0.493 e. The zero-order valence-electron chi connectivity index (χ0n) is 30.1. The van der Waals surface area contributed by atoms with Gasteiger partial charge in [0.1, 0.15) is 23.4 Å². The van der Waals surface area contributed by atoms with Gasteiger partial charge in [-0.15, -0.1) is 0 Å². The maximum absolute atomic E-state index is 13.0. The van der Waals surface area contributed by atoms with Crippen molar-refractivity contribution in [3.8, 4) is 28.4 Å². The molecule has 11 heteroatoms. The Bertz CT molecular complexity index is 1800. The molecule has 2 aliphatic rings. The first-order valence-electron chi connectivity index (χ1n) is 18.0. The van der Waals surface area contributed by atoms with E-state index in [0.29, 0.717) is 42.3 Å². The van der Waals surface area contributed by atoms with Crippen LogP contribution >= 0.6 is 0 Å². The molecule has 1 unspecified atom stereocenters. The molecule has 0 aliphatic heterocycles. The molecule has 3 aromatic rings. The molecule has 0 saturated heterocycles. The van der Waals surface area contributed by atoms with Gasteiger partial charge < -0.3 is 33.5 Å². The second-order valence-electron chi connectivity index (χ2n) is 13.1. The second-order valence-corrected chi connectivity index (χ2v) is 13.1. The minimum absolute atomic E-state index is 0.0125. The molecule has 0 bridgehead atoms. The predicted molar refractivity (Wildman–Crippen MR) is 196 cm³/mol. The third-order valence-electron chi connectivity index (χ3n) is 9.13. The summed E-state index contributed by atoms with van der Waals surface area (Å²) in [6.07, 6.45) is 5.61. The fourth-order valence-electron chi connectivity index (χ4n) is 6.22. The van der Waals surface area contributed by atoms with Crippen LogP contribution in [0.3, 0.4) is 0 Å². The van der Waals surface area contributed by atoms with Crippen molar-refractivity contribution in [3.05, 3.63) is 102 Å². The maximum Gasteiger partial charge on any atom is 0.343 e. The van der Waals surface area contributed by atoms with Crippen LogP contribution in [0.4, 0.5) is 0 Å². The molecule has 280 valence electrons. The molecule has 5 rings (SSSR count). The average molecular weight is 727 g/mol. The van der Waals surface area contributed by atoms with Crippen LogP contribution < -0.4 is 14.2 Å². The van der Waals surface area contributed by atoms with E-state index in [4.69, 9.17) is 33.5 Å². The van der Waals surface area contributed by atoms with Gasteiger partial charge in [0, 0.05) is 24.3 Å². The molecule has 0 aromatic heterocycles. The van der Waals surface area contributed by atoms with Gasteiger partial charge in [0.05, 0.1) is 50.6 Å². The van der Waals surface area contributed by atoms with Crippen LogP contribution in [0.15, 0.2) is 85.0 Å². The van der Waals surface area contributed by atoms with Gasteiger partial charge >= 0.3 is 23.9 Å². The highest BCUT2D eigenvalue weighted by molar-refractivity contribution is 5.93. The predicted octanol–water partition coefficient (Wildman–Crippen LogP) is 7.03. The van der Waals surface area contributed by atoms with Crippen LogP contribution in [0.2, 0.25) is 0 Å². The van der Waals surface area contributed by atoms with Gasteiger partial charge in [0.15, 0.2) is 0 Å². The van der Waals surface area contributed by atoms with Crippen molar-refractivity contribution in [2.24, 2.45) is 0 Å². The summed E-state index contributed by atoms with van der Waals surface area (Å²) >= 11 is 0. The summed E-state index contributed by atoms with van der Waals surface area (Å²) in [7, 11) is 0. The van der Waals surface area contributed by atoms with E-state index in [-0.39, 0.29) is 49.4 Å². The van der Waals surface area contributed by atoms with E-state index in [1.165, 1.54) is 0 Å². The van der Waals surface area contributed by atoms with Gasteiger partial charge in [-0.1, -0.05) is 38.6 Å². The lowest BCUT2D eigenvalue weighted by Gasteiger charge is -2.21. The summed E-state index contributed by atoms with van der Waals surface area (Å²) in [5.41, 5.74) is 4.71. The normalized spacial score (nSPS) is 14.6. The van der Waals surface area contributed by atoms with Gasteiger partial charge in [-0.3, -0.25) is 4.79 Å². The van der Waals surface area contributed by atoms with Crippen molar-refractivity contribution in [1.82, 2.24) is 0 Å². The van der Waals surface area contributed by atoms with E-state index < -0.39 is 30.5 Å². The van der Waals surface area contributed by atoms with Gasteiger partial charge in [-0.25, -0.2) is 14.4 Å². The molecule has 0 heterocycles. The standard InChI is InChI=1S/C42H46O11/c1-27(23-39(44)52-32-9-5-4-6-10-32)40(45)50-21-7-19-48-31-13-11-30(12-14-31)42(47)53-34-16-18-36-35-17-15-33(24-37(35)29(3)38(36)25-34)49-20-8-22-51-41(46)28(2)26-43/h11-18,24-25,29,32,43H,1-2,4-10,19-23,26H2,3H3. The highest BCUT2D eigenvalue weighted by atomic mass is 16.6. The van der Waals surface area contributed by atoms with Crippen LogP contribution in [-0.2, 0) is 28.6 Å². The number of benzene rings is 3. The number of rotatable bonds is 18. The number of aliphatic hydroxyl groups is 1. The highest BCUT2D eigenvalue weighted by Crippen LogP contribution is 2.47. The molecular weight excluding hydrogens is 680 g/mol. The average Bonchev–Trinajstić information content (AvgIpc) is 3.44. The number of ether oxygens (including phenoxy) is 6. The number of esters is 4. The number of carbonyl (C=O) groups excluding carboxylic acids is 4. The number of carbonyl (C=O) groups is 4. The van der Waals surface area contributed by atoms with E-state index in [1.807, 2.05) is 30.3 Å². The third-order valence-corrected chi connectivity index (χ3v) is 9.13.